The number of rotatable bonds is 3. The van der Waals surface area contributed by atoms with Gasteiger partial charge in [-0.05, 0) is 19.4 Å². The van der Waals surface area contributed by atoms with Crippen molar-refractivity contribution in [2.75, 3.05) is 0 Å². The molecule has 1 aliphatic heterocycles. The predicted octanol–water partition coefficient (Wildman–Crippen LogP) is 4.22. The van der Waals surface area contributed by atoms with Gasteiger partial charge < -0.3 is 0 Å². The molecule has 3 nitrogen and oxygen atoms in total. The van der Waals surface area contributed by atoms with E-state index in [0.717, 1.165) is 23.7 Å². The van der Waals surface area contributed by atoms with Crippen molar-refractivity contribution in [1.29, 1.82) is 0 Å². The van der Waals surface area contributed by atoms with E-state index in [1.54, 1.807) is 5.01 Å². The third-order valence-corrected chi connectivity index (χ3v) is 3.90. The Morgan fingerprint density at radius 1 is 1.13 bits per heavy atom. The number of nitrogens with zero attached hydrogens (tertiary/aromatic N) is 3. The molecule has 1 aliphatic rings. The molecule has 0 radical (unpaired) electrons. The van der Waals surface area contributed by atoms with Gasteiger partial charge in [-0.15, -0.1) is 0 Å². The fraction of sp³-hybridized carbons (Fsp3) is 0.222. The number of halogens is 2. The first-order valence-electron chi connectivity index (χ1n) is 7.31. The molecular formula is C18H17F2N3. The maximum Gasteiger partial charge on any atom is 0.153 e. The molecule has 0 saturated heterocycles. The van der Waals surface area contributed by atoms with E-state index in [9.17, 15) is 8.78 Å². The lowest BCUT2D eigenvalue weighted by Gasteiger charge is -2.32. The van der Waals surface area contributed by atoms with Gasteiger partial charge in [-0.3, -0.25) is 9.99 Å². The van der Waals surface area contributed by atoms with Crippen molar-refractivity contribution >= 4 is 11.4 Å². The van der Waals surface area contributed by atoms with Gasteiger partial charge in [0.25, 0.3) is 0 Å². The highest BCUT2D eigenvalue weighted by molar-refractivity contribution is 6.02. The molecule has 0 aliphatic carbocycles. The van der Waals surface area contributed by atoms with Crippen molar-refractivity contribution < 1.29 is 8.78 Å². The minimum absolute atomic E-state index is 0.189. The van der Waals surface area contributed by atoms with Crippen LogP contribution in [0.25, 0.3) is 5.70 Å². The Hall–Kier alpha value is -2.56. The fourth-order valence-electron chi connectivity index (χ4n) is 2.79. The van der Waals surface area contributed by atoms with Crippen LogP contribution in [-0.4, -0.2) is 21.2 Å². The molecule has 0 unspecified atom stereocenters. The van der Waals surface area contributed by atoms with Crippen LogP contribution in [0, 0.1) is 11.6 Å². The lowest BCUT2D eigenvalue weighted by Crippen LogP contribution is -2.35. The van der Waals surface area contributed by atoms with Crippen LogP contribution in [0.3, 0.4) is 0 Å². The molecule has 0 atom stereocenters. The van der Waals surface area contributed by atoms with Crippen LogP contribution in [0.5, 0.6) is 0 Å². The minimum Gasteiger partial charge on any atom is -0.259 e. The summed E-state index contributed by atoms with van der Waals surface area (Å²) >= 11 is 0. The van der Waals surface area contributed by atoms with Crippen molar-refractivity contribution in [3.8, 4) is 0 Å². The zero-order valence-corrected chi connectivity index (χ0v) is 13.1. The monoisotopic (exact) mass is 313 g/mol. The standard InChI is InChI=1S/C18H17F2N3/c1-12(17-14(19)10-21-11-15(17)20)23-18(2,3)9-16(22-23)13-7-5-4-6-8-13/h4-8,10-11H,1,9H2,2-3H3. The maximum absolute atomic E-state index is 14.0. The van der Waals surface area contributed by atoms with E-state index in [-0.39, 0.29) is 11.3 Å². The first-order chi connectivity index (χ1) is 10.9. The van der Waals surface area contributed by atoms with E-state index in [0.29, 0.717) is 6.42 Å². The molecule has 0 amide bonds. The summed E-state index contributed by atoms with van der Waals surface area (Å²) in [4.78, 5) is 3.51. The Morgan fingerprint density at radius 3 is 2.35 bits per heavy atom. The second kappa shape index (κ2) is 5.57. The van der Waals surface area contributed by atoms with Crippen molar-refractivity contribution in [1.82, 2.24) is 9.99 Å². The van der Waals surface area contributed by atoms with E-state index < -0.39 is 17.2 Å². The summed E-state index contributed by atoms with van der Waals surface area (Å²) in [5.74, 6) is -1.48. The van der Waals surface area contributed by atoms with E-state index in [1.165, 1.54) is 0 Å². The topological polar surface area (TPSA) is 28.5 Å². The van der Waals surface area contributed by atoms with Gasteiger partial charge in [-0.2, -0.15) is 5.10 Å². The molecule has 2 aromatic rings. The van der Waals surface area contributed by atoms with Crippen LogP contribution in [-0.2, 0) is 0 Å². The summed E-state index contributed by atoms with van der Waals surface area (Å²) in [5.41, 5.74) is 1.44. The average Bonchev–Trinajstić information content (AvgIpc) is 2.83. The van der Waals surface area contributed by atoms with Gasteiger partial charge in [0.1, 0.15) is 0 Å². The van der Waals surface area contributed by atoms with Crippen LogP contribution in [0.15, 0.2) is 54.4 Å². The molecule has 118 valence electrons. The van der Waals surface area contributed by atoms with E-state index >= 15 is 0 Å². The van der Waals surface area contributed by atoms with Crippen molar-refractivity contribution in [3.05, 3.63) is 72.1 Å². The second-order valence-corrected chi connectivity index (χ2v) is 6.14. The van der Waals surface area contributed by atoms with Crippen LogP contribution >= 0.6 is 0 Å². The van der Waals surface area contributed by atoms with E-state index in [1.807, 2.05) is 44.2 Å². The normalized spacial score (nSPS) is 16.3. The zero-order chi connectivity index (χ0) is 16.6. The number of aromatic nitrogens is 1. The molecule has 1 aromatic heterocycles. The van der Waals surface area contributed by atoms with Gasteiger partial charge in [0.2, 0.25) is 0 Å². The SMILES string of the molecule is C=C(c1c(F)cncc1F)N1N=C(c2ccccc2)CC1(C)C. The first-order valence-corrected chi connectivity index (χ1v) is 7.31. The molecule has 0 spiro atoms. The number of hydrogen-bond donors (Lipinski definition) is 0. The van der Waals surface area contributed by atoms with Crippen LogP contribution in [0.2, 0.25) is 0 Å². The Labute approximate surface area is 134 Å². The Balaban J connectivity index is 2.01. The highest BCUT2D eigenvalue weighted by Crippen LogP contribution is 2.36. The Bertz CT molecular complexity index is 762. The summed E-state index contributed by atoms with van der Waals surface area (Å²) in [6, 6.07) is 9.74. The van der Waals surface area contributed by atoms with Gasteiger partial charge in [-0.1, -0.05) is 36.9 Å². The summed E-state index contributed by atoms with van der Waals surface area (Å²) in [5, 5.41) is 6.16. The van der Waals surface area contributed by atoms with Gasteiger partial charge in [0.05, 0.1) is 34.9 Å². The molecule has 2 heterocycles. The summed E-state index contributed by atoms with van der Waals surface area (Å²) < 4.78 is 28.0. The molecule has 0 N–H and O–H groups in total. The van der Waals surface area contributed by atoms with Crippen molar-refractivity contribution in [3.63, 3.8) is 0 Å². The molecule has 0 fully saturated rings. The van der Waals surface area contributed by atoms with Crippen LogP contribution in [0.1, 0.15) is 31.4 Å². The number of hydrogen-bond acceptors (Lipinski definition) is 3. The lowest BCUT2D eigenvalue weighted by atomic mass is 9.94. The quantitative estimate of drug-likeness (QED) is 0.849. The van der Waals surface area contributed by atoms with Crippen LogP contribution in [0.4, 0.5) is 8.78 Å². The summed E-state index contributed by atoms with van der Waals surface area (Å²) in [6.45, 7) is 7.80. The largest absolute Gasteiger partial charge is 0.259 e. The molecule has 0 bridgehead atoms. The molecule has 0 saturated carbocycles. The third-order valence-electron chi connectivity index (χ3n) is 3.90. The van der Waals surface area contributed by atoms with Crippen molar-refractivity contribution in [2.45, 2.75) is 25.8 Å². The highest BCUT2D eigenvalue weighted by atomic mass is 19.1. The van der Waals surface area contributed by atoms with E-state index in [4.69, 9.17) is 0 Å². The van der Waals surface area contributed by atoms with Gasteiger partial charge >= 0.3 is 0 Å². The average molecular weight is 313 g/mol. The highest BCUT2D eigenvalue weighted by Gasteiger charge is 2.37. The summed E-state index contributed by atoms with van der Waals surface area (Å²) in [6.07, 6.45) is 2.62. The molecule has 5 heteroatoms. The van der Waals surface area contributed by atoms with Gasteiger partial charge in [0, 0.05) is 6.42 Å². The van der Waals surface area contributed by atoms with Crippen LogP contribution < -0.4 is 0 Å². The maximum atomic E-state index is 14.0. The molecule has 23 heavy (non-hydrogen) atoms. The van der Waals surface area contributed by atoms with Gasteiger partial charge in [-0.25, -0.2) is 8.78 Å². The molecular weight excluding hydrogens is 296 g/mol. The predicted molar refractivity (Wildman–Crippen MR) is 86.7 cm³/mol. The van der Waals surface area contributed by atoms with Crippen molar-refractivity contribution in [2.24, 2.45) is 5.10 Å². The molecule has 1 aromatic carbocycles. The third kappa shape index (κ3) is 2.74. The van der Waals surface area contributed by atoms with Gasteiger partial charge in [0.15, 0.2) is 11.6 Å². The molecule has 3 rings (SSSR count). The lowest BCUT2D eigenvalue weighted by molar-refractivity contribution is 0.240. The Kier molecular flexibility index (Phi) is 3.72. The first kappa shape index (κ1) is 15.3. The fourth-order valence-corrected chi connectivity index (χ4v) is 2.79. The smallest absolute Gasteiger partial charge is 0.153 e. The minimum atomic E-state index is -0.742. The summed E-state index contributed by atoms with van der Waals surface area (Å²) in [7, 11) is 0. The zero-order valence-electron chi connectivity index (χ0n) is 13.1. The van der Waals surface area contributed by atoms with E-state index in [2.05, 4.69) is 16.7 Å². The number of hydrazone groups is 1. The number of pyridine rings is 1. The second-order valence-electron chi connectivity index (χ2n) is 6.14. The Morgan fingerprint density at radius 2 is 1.74 bits per heavy atom. The number of benzene rings is 1.